The van der Waals surface area contributed by atoms with Gasteiger partial charge in [-0.1, -0.05) is 12.8 Å². The lowest BCUT2D eigenvalue weighted by Crippen LogP contribution is -2.33. The molecule has 0 amide bonds. The van der Waals surface area contributed by atoms with Crippen molar-refractivity contribution in [2.75, 3.05) is 13.7 Å². The fraction of sp³-hybridized carbons (Fsp3) is 0.368. The lowest BCUT2D eigenvalue weighted by molar-refractivity contribution is 0.0473. The van der Waals surface area contributed by atoms with Crippen LogP contribution in [0.3, 0.4) is 0 Å². The van der Waals surface area contributed by atoms with Crippen LogP contribution in [0, 0.1) is 0 Å². The van der Waals surface area contributed by atoms with E-state index >= 15 is 0 Å². The number of esters is 1. The van der Waals surface area contributed by atoms with Crippen LogP contribution in [0.5, 0.6) is 5.75 Å². The first-order valence-corrected chi connectivity index (χ1v) is 10.4. The third kappa shape index (κ3) is 4.60. The number of carbonyl (C=O) groups excluding carboxylic acids is 2. The summed E-state index contributed by atoms with van der Waals surface area (Å²) in [5, 5.41) is 0. The molecule has 8 nitrogen and oxygen atoms in total. The van der Waals surface area contributed by atoms with E-state index in [0.29, 0.717) is 5.69 Å². The van der Waals surface area contributed by atoms with E-state index in [-0.39, 0.29) is 28.0 Å². The van der Waals surface area contributed by atoms with Crippen LogP contribution < -0.4 is 9.46 Å². The average Bonchev–Trinajstić information content (AvgIpc) is 3.39. The molecule has 1 fully saturated rings. The molecule has 1 aliphatic rings. The number of hydrogen-bond donors (Lipinski definition) is 2. The van der Waals surface area contributed by atoms with Gasteiger partial charge in [0.05, 0.1) is 18.4 Å². The molecule has 2 N–H and O–H groups in total. The summed E-state index contributed by atoms with van der Waals surface area (Å²) in [7, 11) is -2.51. The molecular weight excluding hydrogens is 384 g/mol. The monoisotopic (exact) mass is 406 g/mol. The number of ether oxygens (including phenoxy) is 2. The van der Waals surface area contributed by atoms with Gasteiger partial charge in [0, 0.05) is 12.2 Å². The Morgan fingerprint density at radius 1 is 1.21 bits per heavy atom. The summed E-state index contributed by atoms with van der Waals surface area (Å²) < 4.78 is 38.4. The number of H-pyrrole nitrogens is 1. The molecule has 1 aromatic carbocycles. The van der Waals surface area contributed by atoms with Crippen molar-refractivity contribution in [3.8, 4) is 5.75 Å². The zero-order valence-electron chi connectivity index (χ0n) is 15.4. The Morgan fingerprint density at radius 2 is 1.96 bits per heavy atom. The Bertz CT molecular complexity index is 947. The standard InChI is InChI=1S/C19H22N2O6S/c1-26-17-9-8-13(19(23)27-12-16(22)15-7-4-10-20-15)11-18(17)28(24,25)21-14-5-2-3-6-14/h4,7-11,14,20-21H,2-3,5-6,12H2,1H3. The molecule has 1 saturated carbocycles. The van der Waals surface area contributed by atoms with Gasteiger partial charge in [-0.3, -0.25) is 4.79 Å². The highest BCUT2D eigenvalue weighted by Crippen LogP contribution is 2.27. The minimum atomic E-state index is -3.86. The van der Waals surface area contributed by atoms with Gasteiger partial charge >= 0.3 is 5.97 Å². The molecule has 1 aliphatic carbocycles. The Balaban J connectivity index is 1.75. The molecule has 0 aliphatic heterocycles. The van der Waals surface area contributed by atoms with Crippen molar-refractivity contribution in [2.24, 2.45) is 0 Å². The highest BCUT2D eigenvalue weighted by atomic mass is 32.2. The van der Waals surface area contributed by atoms with Crippen LogP contribution in [0.1, 0.15) is 46.5 Å². The molecule has 150 valence electrons. The molecule has 1 heterocycles. The molecule has 0 atom stereocenters. The first kappa shape index (κ1) is 20.1. The van der Waals surface area contributed by atoms with Crippen molar-refractivity contribution in [2.45, 2.75) is 36.6 Å². The van der Waals surface area contributed by atoms with Crippen molar-refractivity contribution in [1.82, 2.24) is 9.71 Å². The SMILES string of the molecule is COc1ccc(C(=O)OCC(=O)c2ccc[nH]2)cc1S(=O)(=O)NC1CCCC1. The van der Waals surface area contributed by atoms with Gasteiger partial charge in [0.2, 0.25) is 15.8 Å². The van der Waals surface area contributed by atoms with E-state index in [1.54, 1.807) is 18.3 Å². The van der Waals surface area contributed by atoms with E-state index in [4.69, 9.17) is 9.47 Å². The Labute approximate surface area is 163 Å². The Morgan fingerprint density at radius 3 is 2.61 bits per heavy atom. The summed E-state index contributed by atoms with van der Waals surface area (Å²) in [6.45, 7) is -0.451. The van der Waals surface area contributed by atoms with Crippen molar-refractivity contribution in [3.63, 3.8) is 0 Å². The first-order valence-electron chi connectivity index (χ1n) is 8.95. The Hall–Kier alpha value is -2.65. The largest absolute Gasteiger partial charge is 0.495 e. The average molecular weight is 406 g/mol. The normalized spacial score (nSPS) is 14.8. The van der Waals surface area contributed by atoms with Gasteiger partial charge in [-0.25, -0.2) is 17.9 Å². The van der Waals surface area contributed by atoms with Gasteiger partial charge in [-0.2, -0.15) is 0 Å². The van der Waals surface area contributed by atoms with Crippen LogP contribution in [0.2, 0.25) is 0 Å². The minimum absolute atomic E-state index is 0.0203. The number of ketones is 1. The molecule has 9 heteroatoms. The van der Waals surface area contributed by atoms with E-state index < -0.39 is 22.6 Å². The fourth-order valence-corrected chi connectivity index (χ4v) is 4.64. The van der Waals surface area contributed by atoms with Gasteiger partial charge in [0.15, 0.2) is 6.61 Å². The topological polar surface area (TPSA) is 115 Å². The summed E-state index contributed by atoms with van der Waals surface area (Å²) in [4.78, 5) is 26.8. The molecule has 0 spiro atoms. The predicted octanol–water partition coefficient (Wildman–Crippen LogP) is 2.28. The van der Waals surface area contributed by atoms with Crippen LogP contribution in [-0.2, 0) is 14.8 Å². The number of carbonyl (C=O) groups is 2. The molecule has 0 radical (unpaired) electrons. The van der Waals surface area contributed by atoms with Crippen LogP contribution >= 0.6 is 0 Å². The second-order valence-electron chi connectivity index (χ2n) is 6.55. The van der Waals surface area contributed by atoms with Gasteiger partial charge in [0.1, 0.15) is 10.6 Å². The van der Waals surface area contributed by atoms with E-state index in [9.17, 15) is 18.0 Å². The Kier molecular flexibility index (Phi) is 6.15. The van der Waals surface area contributed by atoms with E-state index in [1.165, 1.54) is 25.3 Å². The van der Waals surface area contributed by atoms with Crippen molar-refractivity contribution >= 4 is 21.8 Å². The smallest absolute Gasteiger partial charge is 0.338 e. The maximum atomic E-state index is 12.8. The second-order valence-corrected chi connectivity index (χ2v) is 8.23. The number of hydrogen-bond acceptors (Lipinski definition) is 6. The van der Waals surface area contributed by atoms with Gasteiger partial charge < -0.3 is 14.5 Å². The summed E-state index contributed by atoms with van der Waals surface area (Å²) in [6, 6.07) is 7.11. The number of Topliss-reactive ketones (excluding diaryl/α,β-unsaturated/α-hetero) is 1. The predicted molar refractivity (Wildman–Crippen MR) is 101 cm³/mol. The van der Waals surface area contributed by atoms with Crippen molar-refractivity contribution < 1.29 is 27.5 Å². The number of aromatic nitrogens is 1. The van der Waals surface area contributed by atoms with E-state index in [1.807, 2.05) is 0 Å². The quantitative estimate of drug-likeness (QED) is 0.513. The summed E-state index contributed by atoms with van der Waals surface area (Å²) in [6.07, 6.45) is 5.11. The second kappa shape index (κ2) is 8.57. The molecule has 1 aromatic heterocycles. The third-order valence-corrected chi connectivity index (χ3v) is 6.14. The zero-order chi connectivity index (χ0) is 20.1. The maximum absolute atomic E-state index is 12.8. The number of nitrogens with one attached hydrogen (secondary N) is 2. The van der Waals surface area contributed by atoms with Crippen molar-refractivity contribution in [1.29, 1.82) is 0 Å². The summed E-state index contributed by atoms with van der Waals surface area (Å²) in [5.41, 5.74) is 0.346. The number of benzene rings is 1. The van der Waals surface area contributed by atoms with Crippen LogP contribution in [0.15, 0.2) is 41.4 Å². The molecular formula is C19H22N2O6S. The molecule has 28 heavy (non-hydrogen) atoms. The lowest BCUT2D eigenvalue weighted by Gasteiger charge is -2.15. The number of rotatable bonds is 8. The van der Waals surface area contributed by atoms with Gasteiger partial charge in [-0.15, -0.1) is 0 Å². The lowest BCUT2D eigenvalue weighted by atomic mass is 10.2. The summed E-state index contributed by atoms with van der Waals surface area (Å²) in [5.74, 6) is -1.05. The fourth-order valence-electron chi connectivity index (χ4n) is 3.14. The number of methoxy groups -OCH3 is 1. The minimum Gasteiger partial charge on any atom is -0.495 e. The van der Waals surface area contributed by atoms with Gasteiger partial charge in [-0.05, 0) is 43.2 Å². The van der Waals surface area contributed by atoms with E-state index in [0.717, 1.165) is 25.7 Å². The first-order chi connectivity index (χ1) is 13.4. The van der Waals surface area contributed by atoms with Gasteiger partial charge in [0.25, 0.3) is 0 Å². The number of aromatic amines is 1. The van der Waals surface area contributed by atoms with E-state index in [2.05, 4.69) is 9.71 Å². The highest BCUT2D eigenvalue weighted by Gasteiger charge is 2.27. The maximum Gasteiger partial charge on any atom is 0.338 e. The molecule has 3 rings (SSSR count). The highest BCUT2D eigenvalue weighted by molar-refractivity contribution is 7.89. The van der Waals surface area contributed by atoms with Crippen LogP contribution in [-0.4, -0.2) is 44.9 Å². The van der Waals surface area contributed by atoms with Crippen molar-refractivity contribution in [3.05, 3.63) is 47.8 Å². The molecule has 2 aromatic rings. The molecule has 0 saturated heterocycles. The molecule has 0 bridgehead atoms. The third-order valence-electron chi connectivity index (χ3n) is 4.60. The molecule has 0 unspecified atom stereocenters. The van der Waals surface area contributed by atoms with Crippen LogP contribution in [0.25, 0.3) is 0 Å². The van der Waals surface area contributed by atoms with Crippen LogP contribution in [0.4, 0.5) is 0 Å². The summed E-state index contributed by atoms with van der Waals surface area (Å²) >= 11 is 0. The zero-order valence-corrected chi connectivity index (χ0v) is 16.3. The number of sulfonamides is 1.